The van der Waals surface area contributed by atoms with E-state index in [1.807, 2.05) is 51.4 Å². The van der Waals surface area contributed by atoms with Crippen molar-refractivity contribution in [1.29, 1.82) is 0 Å². The van der Waals surface area contributed by atoms with E-state index in [-0.39, 0.29) is 11.3 Å². The van der Waals surface area contributed by atoms with Gasteiger partial charge in [-0.2, -0.15) is 5.10 Å². The summed E-state index contributed by atoms with van der Waals surface area (Å²) in [5.74, 6) is 0.197. The summed E-state index contributed by atoms with van der Waals surface area (Å²) in [6.07, 6.45) is 7.65. The number of H-pyrrole nitrogens is 2. The molecule has 1 aromatic carbocycles. The van der Waals surface area contributed by atoms with Crippen LogP contribution in [-0.4, -0.2) is 88.8 Å². The summed E-state index contributed by atoms with van der Waals surface area (Å²) in [5.41, 5.74) is 6.21. The van der Waals surface area contributed by atoms with Gasteiger partial charge in [0.15, 0.2) is 17.3 Å². The Hall–Kier alpha value is -3.82. The van der Waals surface area contributed by atoms with Gasteiger partial charge in [0.05, 0.1) is 5.69 Å². The van der Waals surface area contributed by atoms with E-state index in [1.165, 1.54) is 6.07 Å². The third kappa shape index (κ3) is 4.92. The number of anilines is 1. The van der Waals surface area contributed by atoms with Crippen LogP contribution < -0.4 is 4.90 Å². The van der Waals surface area contributed by atoms with E-state index in [0.29, 0.717) is 22.6 Å². The lowest BCUT2D eigenvalue weighted by atomic mass is 10.00. The molecule has 0 unspecified atom stereocenters. The summed E-state index contributed by atoms with van der Waals surface area (Å²) in [7, 11) is 6.15. The second-order valence-corrected chi connectivity index (χ2v) is 9.76. The number of rotatable bonds is 7. The Balaban J connectivity index is 1.57. The number of likely N-dealkylation sites (N-methyl/N-ethyl adjacent to an activating group) is 2. The Kier molecular flexibility index (Phi) is 6.90. The molecule has 8 nitrogen and oxygen atoms in total. The standard InChI is InChI=1S/C28H33FN8/c1-6-18(17-35(3)4)14-19(7-2)20-15-21-24(22(29)16-20)33-34-25(21)28-31-26-23(8-9-30-27(26)32-28)37-12-10-36(5)11-13-37/h6-9,14-16H,1,10-13,17H2,2-5H3,(H,33,34)(H,30,31,32)/b18-14+,19-7+. The van der Waals surface area contributed by atoms with Crippen LogP contribution in [0.3, 0.4) is 0 Å². The molecule has 0 bridgehead atoms. The molecule has 0 atom stereocenters. The number of halogens is 1. The van der Waals surface area contributed by atoms with Gasteiger partial charge in [0, 0.05) is 44.3 Å². The fraction of sp³-hybridized carbons (Fsp3) is 0.321. The van der Waals surface area contributed by atoms with Crippen LogP contribution >= 0.6 is 0 Å². The maximum absolute atomic E-state index is 15.2. The van der Waals surface area contributed by atoms with Gasteiger partial charge in [-0.1, -0.05) is 24.8 Å². The minimum absolute atomic E-state index is 0.281. The molecule has 0 amide bonds. The fourth-order valence-electron chi connectivity index (χ4n) is 4.82. The van der Waals surface area contributed by atoms with Crippen molar-refractivity contribution >= 4 is 33.3 Å². The molecule has 0 saturated carbocycles. The maximum atomic E-state index is 15.2. The second kappa shape index (κ2) is 10.3. The van der Waals surface area contributed by atoms with Gasteiger partial charge in [0.2, 0.25) is 0 Å². The first-order valence-corrected chi connectivity index (χ1v) is 12.5. The van der Waals surface area contributed by atoms with E-state index in [4.69, 9.17) is 4.98 Å². The molecule has 1 fully saturated rings. The largest absolute Gasteiger partial charge is 0.367 e. The normalized spacial score (nSPS) is 15.9. The van der Waals surface area contributed by atoms with Crippen molar-refractivity contribution in [3.05, 3.63) is 66.2 Å². The minimum atomic E-state index is -0.386. The van der Waals surface area contributed by atoms with E-state index in [2.05, 4.69) is 48.5 Å². The lowest BCUT2D eigenvalue weighted by molar-refractivity contribution is 0.313. The van der Waals surface area contributed by atoms with Crippen molar-refractivity contribution in [3.63, 3.8) is 0 Å². The smallest absolute Gasteiger partial charge is 0.180 e. The zero-order valence-corrected chi connectivity index (χ0v) is 21.8. The van der Waals surface area contributed by atoms with Crippen LogP contribution in [-0.2, 0) is 0 Å². The second-order valence-electron chi connectivity index (χ2n) is 9.76. The summed E-state index contributed by atoms with van der Waals surface area (Å²) < 4.78 is 15.2. The molecule has 9 heteroatoms. The molecule has 5 rings (SSSR count). The number of imidazole rings is 1. The molecule has 192 valence electrons. The third-order valence-corrected chi connectivity index (χ3v) is 6.81. The Morgan fingerprint density at radius 2 is 2.00 bits per heavy atom. The highest BCUT2D eigenvalue weighted by Gasteiger charge is 2.21. The lowest BCUT2D eigenvalue weighted by Gasteiger charge is -2.34. The summed E-state index contributed by atoms with van der Waals surface area (Å²) in [6.45, 7) is 10.5. The number of fused-ring (bicyclic) bond motifs is 2. The third-order valence-electron chi connectivity index (χ3n) is 6.81. The highest BCUT2D eigenvalue weighted by atomic mass is 19.1. The molecule has 3 aromatic heterocycles. The number of hydrogen-bond donors (Lipinski definition) is 2. The molecule has 1 saturated heterocycles. The van der Waals surface area contributed by atoms with Gasteiger partial charge >= 0.3 is 0 Å². The predicted molar refractivity (Wildman–Crippen MR) is 149 cm³/mol. The van der Waals surface area contributed by atoms with Gasteiger partial charge < -0.3 is 19.7 Å². The van der Waals surface area contributed by atoms with Crippen molar-refractivity contribution in [3.8, 4) is 11.5 Å². The number of hydrogen-bond acceptors (Lipinski definition) is 6. The SMILES string of the molecule is C=C/C(=C\C(=C/C)c1cc(F)c2n[nH]c(-c3nc4nccc(N5CCN(C)CC5)c4[nH]3)c2c1)CN(C)C. The minimum Gasteiger partial charge on any atom is -0.367 e. The van der Waals surface area contributed by atoms with Crippen molar-refractivity contribution in [1.82, 2.24) is 34.9 Å². The number of benzene rings is 1. The van der Waals surface area contributed by atoms with E-state index in [9.17, 15) is 0 Å². The van der Waals surface area contributed by atoms with E-state index in [0.717, 1.165) is 60.6 Å². The molecule has 1 aliphatic heterocycles. The molecule has 37 heavy (non-hydrogen) atoms. The van der Waals surface area contributed by atoms with Crippen molar-refractivity contribution < 1.29 is 4.39 Å². The van der Waals surface area contributed by atoms with Gasteiger partial charge in [-0.25, -0.2) is 14.4 Å². The lowest BCUT2D eigenvalue weighted by Crippen LogP contribution is -2.44. The molecule has 0 spiro atoms. The molecule has 4 heterocycles. The van der Waals surface area contributed by atoms with Crippen LogP contribution in [0.2, 0.25) is 0 Å². The van der Waals surface area contributed by atoms with Crippen LogP contribution in [0.25, 0.3) is 39.2 Å². The fourth-order valence-corrected chi connectivity index (χ4v) is 4.82. The quantitative estimate of drug-likeness (QED) is 0.365. The molecular weight excluding hydrogens is 467 g/mol. The van der Waals surface area contributed by atoms with Crippen molar-refractivity contribution in [2.24, 2.45) is 0 Å². The van der Waals surface area contributed by atoms with Gasteiger partial charge in [-0.15, -0.1) is 0 Å². The monoisotopic (exact) mass is 500 g/mol. The van der Waals surface area contributed by atoms with E-state index < -0.39 is 0 Å². The zero-order chi connectivity index (χ0) is 26.1. The molecule has 4 aromatic rings. The number of nitrogens with one attached hydrogen (secondary N) is 2. The van der Waals surface area contributed by atoms with Crippen LogP contribution in [0.5, 0.6) is 0 Å². The molecule has 2 N–H and O–H groups in total. The van der Waals surface area contributed by atoms with E-state index in [1.54, 1.807) is 6.20 Å². The number of piperazine rings is 1. The Morgan fingerprint density at radius 1 is 1.22 bits per heavy atom. The van der Waals surface area contributed by atoms with Crippen molar-refractivity contribution in [2.75, 3.05) is 58.8 Å². The first-order valence-electron chi connectivity index (χ1n) is 12.5. The number of aromatic amines is 2. The van der Waals surface area contributed by atoms with Crippen molar-refractivity contribution in [2.45, 2.75) is 6.92 Å². The van der Waals surface area contributed by atoms with Gasteiger partial charge in [-0.05, 0) is 63.0 Å². The summed E-state index contributed by atoms with van der Waals surface area (Å²) in [5, 5.41) is 7.95. The van der Waals surface area contributed by atoms with Gasteiger partial charge in [0.25, 0.3) is 0 Å². The highest BCUT2D eigenvalue weighted by molar-refractivity contribution is 5.97. The number of allylic oxidation sites excluding steroid dienone is 3. The van der Waals surface area contributed by atoms with E-state index >= 15 is 4.39 Å². The first kappa shape index (κ1) is 24.9. The Bertz CT molecular complexity index is 1500. The average molecular weight is 501 g/mol. The average Bonchev–Trinajstić information content (AvgIpc) is 3.51. The summed E-state index contributed by atoms with van der Waals surface area (Å²) in [6, 6.07) is 5.51. The van der Waals surface area contributed by atoms with Crippen LogP contribution in [0.15, 0.2) is 54.8 Å². The van der Waals surface area contributed by atoms with Crippen LogP contribution in [0, 0.1) is 5.82 Å². The van der Waals surface area contributed by atoms with Crippen LogP contribution in [0.1, 0.15) is 12.5 Å². The molecule has 0 aliphatic carbocycles. The van der Waals surface area contributed by atoms with Gasteiger partial charge in [0.1, 0.15) is 16.7 Å². The zero-order valence-electron chi connectivity index (χ0n) is 21.8. The number of aromatic nitrogens is 5. The summed E-state index contributed by atoms with van der Waals surface area (Å²) >= 11 is 0. The molecule has 1 aliphatic rings. The molecule has 0 radical (unpaired) electrons. The number of pyridine rings is 1. The number of nitrogens with zero attached hydrogens (tertiary/aromatic N) is 6. The van der Waals surface area contributed by atoms with Gasteiger partial charge in [-0.3, -0.25) is 5.10 Å². The predicted octanol–water partition coefficient (Wildman–Crippen LogP) is 4.47. The maximum Gasteiger partial charge on any atom is 0.180 e. The molecular formula is C28H33FN8. The topological polar surface area (TPSA) is 80.0 Å². The Labute approximate surface area is 216 Å². The van der Waals surface area contributed by atoms with Crippen LogP contribution in [0.4, 0.5) is 10.1 Å². The Morgan fingerprint density at radius 3 is 2.70 bits per heavy atom. The summed E-state index contributed by atoms with van der Waals surface area (Å²) in [4.78, 5) is 19.4. The first-order chi connectivity index (χ1) is 17.9. The highest BCUT2D eigenvalue weighted by Crippen LogP contribution is 2.33.